The van der Waals surface area contributed by atoms with Crippen LogP contribution in [0.1, 0.15) is 5.56 Å². The Morgan fingerprint density at radius 2 is 1.86 bits per heavy atom. The van der Waals surface area contributed by atoms with Gasteiger partial charge in [-0.15, -0.1) is 0 Å². The summed E-state index contributed by atoms with van der Waals surface area (Å²) in [6, 6.07) is 5.40. The number of hydrogen-bond acceptors (Lipinski definition) is 3. The van der Waals surface area contributed by atoms with Crippen molar-refractivity contribution in [3.8, 4) is 11.5 Å². The zero-order valence-corrected chi connectivity index (χ0v) is 12.9. The third-order valence-corrected chi connectivity index (χ3v) is 4.04. The molecule has 3 nitrogen and oxygen atoms in total. The summed E-state index contributed by atoms with van der Waals surface area (Å²) in [5.74, 6) is -0.179. The highest BCUT2D eigenvalue weighted by atomic mass is 79.9. The molecule has 0 aromatic heterocycles. The van der Waals surface area contributed by atoms with E-state index in [0.29, 0.717) is 18.0 Å². The van der Waals surface area contributed by atoms with Gasteiger partial charge in [-0.3, -0.25) is 0 Å². The molecule has 1 heterocycles. The number of nitrogens with one attached hydrogen (secondary N) is 1. The third kappa shape index (κ3) is 2.91. The summed E-state index contributed by atoms with van der Waals surface area (Å²) in [7, 11) is 0. The second-order valence-corrected chi connectivity index (χ2v) is 5.66. The van der Waals surface area contributed by atoms with E-state index in [2.05, 4.69) is 21.2 Å². The molecule has 0 unspecified atom stereocenters. The minimum atomic E-state index is -0.739. The Balaban J connectivity index is 1.83. The molecular weight excluding hydrogens is 368 g/mol. The lowest BCUT2D eigenvalue weighted by Crippen LogP contribution is -2.03. The summed E-state index contributed by atoms with van der Waals surface area (Å²) < 4.78 is 38.0. The van der Waals surface area contributed by atoms with E-state index in [-0.39, 0.29) is 17.5 Å². The van der Waals surface area contributed by atoms with Gasteiger partial charge < -0.3 is 14.8 Å². The van der Waals surface area contributed by atoms with Gasteiger partial charge in [-0.2, -0.15) is 0 Å². The molecule has 1 aliphatic heterocycles. The smallest absolute Gasteiger partial charge is 0.231 e. The Hall–Kier alpha value is -1.53. The van der Waals surface area contributed by atoms with Gasteiger partial charge in [0.15, 0.2) is 17.3 Å². The molecule has 1 aliphatic rings. The van der Waals surface area contributed by atoms with Crippen LogP contribution in [-0.2, 0) is 6.54 Å². The number of rotatable bonds is 3. The van der Waals surface area contributed by atoms with Crippen molar-refractivity contribution >= 4 is 33.2 Å². The van der Waals surface area contributed by atoms with Crippen molar-refractivity contribution in [2.45, 2.75) is 6.54 Å². The molecule has 2 aromatic carbocycles. The van der Waals surface area contributed by atoms with Gasteiger partial charge in [-0.25, -0.2) is 8.78 Å². The van der Waals surface area contributed by atoms with Crippen molar-refractivity contribution in [3.05, 3.63) is 51.0 Å². The summed E-state index contributed by atoms with van der Waals surface area (Å²) >= 11 is 9.25. The Labute approximate surface area is 132 Å². The molecule has 1 N–H and O–H groups in total. The van der Waals surface area contributed by atoms with Crippen molar-refractivity contribution in [1.29, 1.82) is 0 Å². The van der Waals surface area contributed by atoms with E-state index in [1.54, 1.807) is 12.1 Å². The number of ether oxygens (including phenoxy) is 2. The molecule has 0 radical (unpaired) electrons. The molecule has 0 saturated carbocycles. The maximum absolute atomic E-state index is 13.7. The number of halogens is 4. The molecule has 0 fully saturated rings. The standard InChI is InChI=1S/C14H9BrClF2NO2/c15-9-4-13-12(20-6-21-13)1-7(9)5-19-14-10(16)2-8(17)3-11(14)18/h1-4,19H,5-6H2. The van der Waals surface area contributed by atoms with Crippen LogP contribution in [0.4, 0.5) is 14.5 Å². The number of fused-ring (bicyclic) bond motifs is 1. The Morgan fingerprint density at radius 3 is 2.57 bits per heavy atom. The van der Waals surface area contributed by atoms with Gasteiger partial charge >= 0.3 is 0 Å². The van der Waals surface area contributed by atoms with E-state index in [1.807, 2.05) is 0 Å². The van der Waals surface area contributed by atoms with Crippen molar-refractivity contribution < 1.29 is 18.3 Å². The van der Waals surface area contributed by atoms with Crippen molar-refractivity contribution in [2.75, 3.05) is 12.1 Å². The van der Waals surface area contributed by atoms with Crippen molar-refractivity contribution in [1.82, 2.24) is 0 Å². The number of anilines is 1. The van der Waals surface area contributed by atoms with Gasteiger partial charge in [0.05, 0.1) is 10.7 Å². The second-order valence-electron chi connectivity index (χ2n) is 4.39. The quantitative estimate of drug-likeness (QED) is 0.841. The lowest BCUT2D eigenvalue weighted by molar-refractivity contribution is 0.174. The van der Waals surface area contributed by atoms with Crippen LogP contribution in [0.25, 0.3) is 0 Å². The zero-order chi connectivity index (χ0) is 15.0. The highest BCUT2D eigenvalue weighted by Crippen LogP contribution is 2.37. The maximum atomic E-state index is 13.7. The lowest BCUT2D eigenvalue weighted by Gasteiger charge is -2.11. The van der Waals surface area contributed by atoms with Crippen LogP contribution in [0, 0.1) is 11.6 Å². The van der Waals surface area contributed by atoms with Crippen molar-refractivity contribution in [2.24, 2.45) is 0 Å². The average Bonchev–Trinajstić information content (AvgIpc) is 2.84. The van der Waals surface area contributed by atoms with Gasteiger partial charge in [-0.1, -0.05) is 27.5 Å². The average molecular weight is 377 g/mol. The van der Waals surface area contributed by atoms with Crippen molar-refractivity contribution in [3.63, 3.8) is 0 Å². The van der Waals surface area contributed by atoms with Crippen LogP contribution in [0.15, 0.2) is 28.7 Å². The zero-order valence-electron chi connectivity index (χ0n) is 10.6. The first kappa shape index (κ1) is 14.4. The summed E-state index contributed by atoms with van der Waals surface area (Å²) in [5, 5.41) is 2.85. The minimum absolute atomic E-state index is 0.00985. The highest BCUT2D eigenvalue weighted by Gasteiger charge is 2.17. The number of hydrogen-bond donors (Lipinski definition) is 1. The van der Waals surface area contributed by atoms with Crippen LogP contribution in [0.3, 0.4) is 0 Å². The molecule has 2 aromatic rings. The van der Waals surface area contributed by atoms with Crippen LogP contribution in [-0.4, -0.2) is 6.79 Å². The van der Waals surface area contributed by atoms with E-state index < -0.39 is 11.6 Å². The molecule has 0 spiro atoms. The van der Waals surface area contributed by atoms with E-state index in [0.717, 1.165) is 22.2 Å². The molecule has 3 rings (SSSR count). The first-order chi connectivity index (χ1) is 10.0. The van der Waals surface area contributed by atoms with Crippen LogP contribution < -0.4 is 14.8 Å². The lowest BCUT2D eigenvalue weighted by atomic mass is 10.2. The molecule has 0 aliphatic carbocycles. The van der Waals surface area contributed by atoms with Crippen LogP contribution in [0.2, 0.25) is 5.02 Å². The first-order valence-corrected chi connectivity index (χ1v) is 7.18. The first-order valence-electron chi connectivity index (χ1n) is 6.01. The van der Waals surface area contributed by atoms with Gasteiger partial charge in [-0.05, 0) is 23.8 Å². The van der Waals surface area contributed by atoms with Gasteiger partial charge in [0, 0.05) is 17.1 Å². The second kappa shape index (κ2) is 5.69. The molecule has 0 amide bonds. The van der Waals surface area contributed by atoms with Crippen LogP contribution in [0.5, 0.6) is 11.5 Å². The molecule has 7 heteroatoms. The fraction of sp³-hybridized carbons (Fsp3) is 0.143. The van der Waals surface area contributed by atoms with Gasteiger partial charge in [0.25, 0.3) is 0 Å². The van der Waals surface area contributed by atoms with E-state index in [9.17, 15) is 8.78 Å². The minimum Gasteiger partial charge on any atom is -0.454 e. The molecule has 21 heavy (non-hydrogen) atoms. The Bertz CT molecular complexity index is 689. The molecular formula is C14H9BrClF2NO2. The van der Waals surface area contributed by atoms with E-state index in [4.69, 9.17) is 21.1 Å². The maximum Gasteiger partial charge on any atom is 0.231 e. The fourth-order valence-electron chi connectivity index (χ4n) is 1.99. The molecule has 0 atom stereocenters. The SMILES string of the molecule is Fc1cc(F)c(NCc2cc3c(cc2Br)OCO3)c(Cl)c1. The summed E-state index contributed by atoms with van der Waals surface area (Å²) in [6.45, 7) is 0.469. The summed E-state index contributed by atoms with van der Waals surface area (Å²) in [5.41, 5.74) is 0.890. The Kier molecular flexibility index (Phi) is 3.91. The molecule has 110 valence electrons. The monoisotopic (exact) mass is 375 g/mol. The molecule has 0 saturated heterocycles. The topological polar surface area (TPSA) is 30.5 Å². The van der Waals surface area contributed by atoms with E-state index >= 15 is 0 Å². The highest BCUT2D eigenvalue weighted by molar-refractivity contribution is 9.10. The van der Waals surface area contributed by atoms with E-state index in [1.165, 1.54) is 0 Å². The van der Waals surface area contributed by atoms with Gasteiger partial charge in [0.1, 0.15) is 5.82 Å². The Morgan fingerprint density at radius 1 is 1.14 bits per heavy atom. The van der Waals surface area contributed by atoms with Gasteiger partial charge in [0.2, 0.25) is 6.79 Å². The number of benzene rings is 2. The predicted molar refractivity (Wildman–Crippen MR) is 79.0 cm³/mol. The summed E-state index contributed by atoms with van der Waals surface area (Å²) in [4.78, 5) is 0. The summed E-state index contributed by atoms with van der Waals surface area (Å²) in [6.07, 6.45) is 0. The fourth-order valence-corrected chi connectivity index (χ4v) is 2.71. The predicted octanol–water partition coefficient (Wildman–Crippen LogP) is 4.72. The largest absolute Gasteiger partial charge is 0.454 e. The molecule has 0 bridgehead atoms. The third-order valence-electron chi connectivity index (χ3n) is 3.00. The van der Waals surface area contributed by atoms with Crippen LogP contribution >= 0.6 is 27.5 Å². The normalized spacial score (nSPS) is 12.6.